The third kappa shape index (κ3) is 2.70. The first-order valence-corrected chi connectivity index (χ1v) is 8.61. The van der Waals surface area contributed by atoms with Crippen LogP contribution in [0, 0.1) is 5.92 Å². The number of hydrogen-bond acceptors (Lipinski definition) is 5. The van der Waals surface area contributed by atoms with Gasteiger partial charge in [-0.3, -0.25) is 14.4 Å². The third-order valence-electron chi connectivity index (χ3n) is 4.65. The van der Waals surface area contributed by atoms with Crippen LogP contribution >= 0.6 is 15.9 Å². The van der Waals surface area contributed by atoms with Crippen LogP contribution in [0.15, 0.2) is 30.3 Å². The fourth-order valence-electron chi connectivity index (χ4n) is 3.69. The van der Waals surface area contributed by atoms with Gasteiger partial charge in [-0.25, -0.2) is 0 Å². The quantitative estimate of drug-likeness (QED) is 0.441. The van der Waals surface area contributed by atoms with Crippen LogP contribution in [0.4, 0.5) is 0 Å². The Bertz CT molecular complexity index is 664. The Balaban J connectivity index is 1.92. The Labute approximate surface area is 148 Å². The monoisotopic (exact) mass is 395 g/mol. The first kappa shape index (κ1) is 17.0. The summed E-state index contributed by atoms with van der Waals surface area (Å²) in [6, 6.07) is 9.07. The molecule has 0 N–H and O–H groups in total. The predicted octanol–water partition coefficient (Wildman–Crippen LogP) is 1.83. The van der Waals surface area contributed by atoms with Crippen molar-refractivity contribution in [2.75, 3.05) is 7.11 Å². The number of ether oxygens (including phenoxy) is 2. The van der Waals surface area contributed by atoms with Gasteiger partial charge in [0.15, 0.2) is 0 Å². The maximum absolute atomic E-state index is 12.7. The van der Waals surface area contributed by atoms with Crippen LogP contribution in [0.3, 0.4) is 0 Å². The number of amides is 1. The van der Waals surface area contributed by atoms with E-state index in [2.05, 4.69) is 20.7 Å². The third-order valence-corrected chi connectivity index (χ3v) is 5.80. The molecule has 24 heavy (non-hydrogen) atoms. The van der Waals surface area contributed by atoms with Gasteiger partial charge in [-0.1, -0.05) is 46.3 Å². The SMILES string of the molecule is COC(=O)CC(=O)N1C(c2ccccc2)C2C(Br)C1C2OC(C)=O. The van der Waals surface area contributed by atoms with Crippen molar-refractivity contribution in [3.05, 3.63) is 35.9 Å². The highest BCUT2D eigenvalue weighted by atomic mass is 79.9. The summed E-state index contributed by atoms with van der Waals surface area (Å²) >= 11 is 3.61. The van der Waals surface area contributed by atoms with E-state index in [0.717, 1.165) is 5.56 Å². The Kier molecular flexibility index (Phi) is 4.62. The Morgan fingerprint density at radius 2 is 1.88 bits per heavy atom. The van der Waals surface area contributed by atoms with Crippen molar-refractivity contribution in [3.63, 3.8) is 0 Å². The van der Waals surface area contributed by atoms with Crippen molar-refractivity contribution in [2.24, 2.45) is 5.92 Å². The molecule has 1 aromatic rings. The van der Waals surface area contributed by atoms with Gasteiger partial charge in [0, 0.05) is 17.7 Å². The smallest absolute Gasteiger partial charge is 0.315 e. The zero-order chi connectivity index (χ0) is 17.4. The summed E-state index contributed by atoms with van der Waals surface area (Å²) in [4.78, 5) is 37.3. The van der Waals surface area contributed by atoms with E-state index in [1.807, 2.05) is 30.3 Å². The fourth-order valence-corrected chi connectivity index (χ4v) is 4.84. The highest BCUT2D eigenvalue weighted by Crippen LogP contribution is 2.58. The summed E-state index contributed by atoms with van der Waals surface area (Å²) in [5.41, 5.74) is 0.960. The molecule has 128 valence electrons. The van der Waals surface area contributed by atoms with Crippen molar-refractivity contribution in [2.45, 2.75) is 36.4 Å². The van der Waals surface area contributed by atoms with Gasteiger partial charge < -0.3 is 14.4 Å². The molecule has 7 heteroatoms. The van der Waals surface area contributed by atoms with E-state index in [1.165, 1.54) is 14.0 Å². The molecule has 2 bridgehead atoms. The molecule has 1 amide bonds. The van der Waals surface area contributed by atoms with E-state index in [9.17, 15) is 14.4 Å². The summed E-state index contributed by atoms with van der Waals surface area (Å²) in [6.45, 7) is 1.36. The highest BCUT2D eigenvalue weighted by Gasteiger charge is 2.67. The van der Waals surface area contributed by atoms with Crippen molar-refractivity contribution in [1.29, 1.82) is 0 Å². The molecule has 3 aliphatic rings. The molecule has 0 radical (unpaired) electrons. The first-order valence-electron chi connectivity index (χ1n) is 7.70. The van der Waals surface area contributed by atoms with E-state index < -0.39 is 5.97 Å². The second-order valence-corrected chi connectivity index (χ2v) is 7.05. The molecule has 2 saturated heterocycles. The summed E-state index contributed by atoms with van der Waals surface area (Å²) in [5, 5.41) is 0. The van der Waals surface area contributed by atoms with Gasteiger partial charge in [0.2, 0.25) is 5.91 Å². The minimum atomic E-state index is -0.578. The maximum Gasteiger partial charge on any atom is 0.315 e. The first-order chi connectivity index (χ1) is 11.5. The Morgan fingerprint density at radius 1 is 1.21 bits per heavy atom. The highest BCUT2D eigenvalue weighted by molar-refractivity contribution is 9.09. The minimum absolute atomic E-state index is 0.0219. The molecule has 0 aromatic heterocycles. The molecule has 1 aromatic carbocycles. The van der Waals surface area contributed by atoms with Crippen LogP contribution in [-0.4, -0.2) is 46.8 Å². The molecule has 6 nitrogen and oxygen atoms in total. The molecule has 0 spiro atoms. The van der Waals surface area contributed by atoms with E-state index in [4.69, 9.17) is 4.74 Å². The van der Waals surface area contributed by atoms with Crippen LogP contribution in [0.5, 0.6) is 0 Å². The van der Waals surface area contributed by atoms with Gasteiger partial charge in [0.25, 0.3) is 0 Å². The van der Waals surface area contributed by atoms with Crippen molar-refractivity contribution in [1.82, 2.24) is 4.90 Å². The Morgan fingerprint density at radius 3 is 2.46 bits per heavy atom. The molecule has 1 saturated carbocycles. The fraction of sp³-hybridized carbons (Fsp3) is 0.471. The summed E-state index contributed by atoms with van der Waals surface area (Å²) in [6.07, 6.45) is -0.686. The predicted molar refractivity (Wildman–Crippen MR) is 88.2 cm³/mol. The number of carbonyl (C=O) groups is 3. The van der Waals surface area contributed by atoms with Gasteiger partial charge in [-0.05, 0) is 5.56 Å². The topological polar surface area (TPSA) is 72.9 Å². The number of esters is 2. The van der Waals surface area contributed by atoms with E-state index in [0.29, 0.717) is 0 Å². The summed E-state index contributed by atoms with van der Waals surface area (Å²) in [7, 11) is 1.25. The number of alkyl halides is 1. The number of benzene rings is 1. The van der Waals surface area contributed by atoms with E-state index in [1.54, 1.807) is 4.90 Å². The van der Waals surface area contributed by atoms with Gasteiger partial charge in [-0.2, -0.15) is 0 Å². The largest absolute Gasteiger partial charge is 0.469 e. The lowest BCUT2D eigenvalue weighted by molar-refractivity contribution is -0.157. The second kappa shape index (κ2) is 6.55. The average Bonchev–Trinajstić information content (AvgIpc) is 3.07. The lowest BCUT2D eigenvalue weighted by Crippen LogP contribution is -2.56. The van der Waals surface area contributed by atoms with Crippen LogP contribution in [0.25, 0.3) is 0 Å². The van der Waals surface area contributed by atoms with Crippen LogP contribution in [0.2, 0.25) is 0 Å². The molecule has 2 heterocycles. The van der Waals surface area contributed by atoms with E-state index >= 15 is 0 Å². The zero-order valence-electron chi connectivity index (χ0n) is 13.3. The molecule has 5 atom stereocenters. The summed E-state index contributed by atoms with van der Waals surface area (Å²) in [5.74, 6) is -1.31. The lowest BCUT2D eigenvalue weighted by Gasteiger charge is -2.40. The number of methoxy groups -OCH3 is 1. The van der Waals surface area contributed by atoms with Crippen molar-refractivity contribution >= 4 is 33.8 Å². The van der Waals surface area contributed by atoms with E-state index in [-0.39, 0.29) is 47.2 Å². The van der Waals surface area contributed by atoms with Crippen LogP contribution in [0.1, 0.15) is 24.9 Å². The number of carbonyl (C=O) groups excluding carboxylic acids is 3. The van der Waals surface area contributed by atoms with Gasteiger partial charge >= 0.3 is 11.9 Å². The zero-order valence-corrected chi connectivity index (χ0v) is 14.9. The normalized spacial score (nSPS) is 30.5. The van der Waals surface area contributed by atoms with Crippen molar-refractivity contribution in [3.8, 4) is 0 Å². The molecule has 3 fully saturated rings. The number of fused-ring (bicyclic) bond motifs is 1. The van der Waals surface area contributed by atoms with Crippen molar-refractivity contribution < 1.29 is 23.9 Å². The second-order valence-electron chi connectivity index (χ2n) is 6.00. The van der Waals surface area contributed by atoms with Crippen LogP contribution in [-0.2, 0) is 23.9 Å². The molecule has 2 aliphatic heterocycles. The van der Waals surface area contributed by atoms with Gasteiger partial charge in [0.05, 0.1) is 19.2 Å². The molecule has 5 unspecified atom stereocenters. The van der Waals surface area contributed by atoms with Crippen LogP contribution < -0.4 is 0 Å². The molecular weight excluding hydrogens is 378 g/mol. The summed E-state index contributed by atoms with van der Waals surface area (Å²) < 4.78 is 10.0. The molecule has 4 rings (SSSR count). The standard InChI is InChI=1S/C17H18BrNO5/c1-9(20)24-17-13-14(18)16(17)19(11(21)8-12(22)23-2)15(13)10-6-4-3-5-7-10/h3-7,13-17H,8H2,1-2H3. The van der Waals surface area contributed by atoms with Gasteiger partial charge in [-0.15, -0.1) is 0 Å². The molecular formula is C17H18BrNO5. The minimum Gasteiger partial charge on any atom is -0.469 e. The molecule has 1 aliphatic carbocycles. The Hall–Kier alpha value is -1.89. The maximum atomic E-state index is 12.7. The number of hydrogen-bond donors (Lipinski definition) is 0. The number of rotatable bonds is 4. The average molecular weight is 396 g/mol. The lowest BCUT2D eigenvalue weighted by atomic mass is 9.77. The van der Waals surface area contributed by atoms with Gasteiger partial charge in [0.1, 0.15) is 12.5 Å². The number of nitrogens with zero attached hydrogens (tertiary/aromatic N) is 1. The number of halogens is 1.